The number of benzene rings is 1. The molecule has 4 aromatic rings. The van der Waals surface area contributed by atoms with Gasteiger partial charge in [-0.05, 0) is 36.4 Å². The molecule has 3 aromatic heterocycles. The van der Waals surface area contributed by atoms with Crippen LogP contribution >= 0.6 is 0 Å². The fraction of sp³-hybridized carbons (Fsp3) is 0.136. The molecular formula is C22H20N6O4. The average Bonchev–Trinajstić information content (AvgIpc) is 2.82. The number of ether oxygens (including phenoxy) is 1. The number of nitrogens with zero attached hydrogens (tertiary/aromatic N) is 3. The quantitative estimate of drug-likeness (QED) is 0.284. The molecule has 10 nitrogen and oxygen atoms in total. The summed E-state index contributed by atoms with van der Waals surface area (Å²) >= 11 is 0. The highest BCUT2D eigenvalue weighted by Crippen LogP contribution is 2.24. The van der Waals surface area contributed by atoms with Crippen LogP contribution in [0.15, 0.2) is 70.1 Å². The second-order valence-corrected chi connectivity index (χ2v) is 6.68. The Balaban J connectivity index is 1.30. The molecule has 0 fully saturated rings. The van der Waals surface area contributed by atoms with Gasteiger partial charge >= 0.3 is 5.63 Å². The molecule has 10 heteroatoms. The number of carbonyl (C=O) groups is 1. The number of hydrogen-bond donors (Lipinski definition) is 3. The van der Waals surface area contributed by atoms with Gasteiger partial charge in [0.15, 0.2) is 17.2 Å². The highest BCUT2D eigenvalue weighted by Gasteiger charge is 2.15. The molecule has 0 unspecified atom stereocenters. The van der Waals surface area contributed by atoms with Gasteiger partial charge in [-0.25, -0.2) is 4.79 Å². The number of nitrogens with one attached hydrogen (secondary N) is 3. The van der Waals surface area contributed by atoms with Gasteiger partial charge in [-0.2, -0.15) is 0 Å². The topological polar surface area (TPSA) is 131 Å². The van der Waals surface area contributed by atoms with Gasteiger partial charge < -0.3 is 25.1 Å². The number of para-hydroxylation sites is 1. The van der Waals surface area contributed by atoms with E-state index in [1.54, 1.807) is 42.7 Å². The van der Waals surface area contributed by atoms with Crippen LogP contribution in [0.2, 0.25) is 0 Å². The lowest BCUT2D eigenvalue weighted by atomic mass is 10.1. The number of rotatable bonds is 8. The molecule has 0 saturated heterocycles. The smallest absolute Gasteiger partial charge is 0.349 e. The number of amides is 1. The van der Waals surface area contributed by atoms with Gasteiger partial charge in [0.25, 0.3) is 5.91 Å². The third-order valence-corrected chi connectivity index (χ3v) is 4.50. The maximum Gasteiger partial charge on any atom is 0.349 e. The Labute approximate surface area is 182 Å². The number of carbonyl (C=O) groups excluding carboxylic acids is 1. The first kappa shape index (κ1) is 20.8. The summed E-state index contributed by atoms with van der Waals surface area (Å²) in [6, 6.07) is 13.9. The molecule has 3 heterocycles. The first-order valence-corrected chi connectivity index (χ1v) is 9.78. The largest absolute Gasteiger partial charge is 0.493 e. The Morgan fingerprint density at radius 1 is 1.06 bits per heavy atom. The summed E-state index contributed by atoms with van der Waals surface area (Å²) in [5, 5.41) is 17.6. The van der Waals surface area contributed by atoms with Crippen molar-refractivity contribution in [2.45, 2.75) is 0 Å². The molecule has 0 aliphatic heterocycles. The molecule has 0 aliphatic rings. The molecule has 0 spiro atoms. The Kier molecular flexibility index (Phi) is 6.21. The van der Waals surface area contributed by atoms with Crippen molar-refractivity contribution >= 4 is 34.2 Å². The maximum atomic E-state index is 12.4. The summed E-state index contributed by atoms with van der Waals surface area (Å²) in [7, 11) is 1.48. The van der Waals surface area contributed by atoms with Crippen molar-refractivity contribution in [1.82, 2.24) is 20.5 Å². The summed E-state index contributed by atoms with van der Waals surface area (Å²) in [5.41, 5.74) is 0.312. The van der Waals surface area contributed by atoms with Crippen molar-refractivity contribution in [2.75, 3.05) is 30.8 Å². The van der Waals surface area contributed by atoms with Gasteiger partial charge in [-0.1, -0.05) is 12.1 Å². The number of aromatic nitrogens is 3. The van der Waals surface area contributed by atoms with E-state index in [0.717, 1.165) is 5.69 Å². The fourth-order valence-corrected chi connectivity index (χ4v) is 2.98. The first-order chi connectivity index (χ1) is 15.6. The van der Waals surface area contributed by atoms with Crippen LogP contribution in [0.1, 0.15) is 10.4 Å². The summed E-state index contributed by atoms with van der Waals surface area (Å²) < 4.78 is 10.5. The fourth-order valence-electron chi connectivity index (χ4n) is 2.98. The maximum absolute atomic E-state index is 12.4. The van der Waals surface area contributed by atoms with Gasteiger partial charge in [0.2, 0.25) is 0 Å². The number of fused-ring (bicyclic) bond motifs is 1. The molecule has 32 heavy (non-hydrogen) atoms. The van der Waals surface area contributed by atoms with E-state index in [-0.39, 0.29) is 12.1 Å². The third-order valence-electron chi connectivity index (χ3n) is 4.50. The molecule has 0 saturated carbocycles. The van der Waals surface area contributed by atoms with Crippen LogP contribution in [0.5, 0.6) is 5.75 Å². The van der Waals surface area contributed by atoms with Crippen LogP contribution < -0.4 is 26.3 Å². The Morgan fingerprint density at radius 2 is 1.91 bits per heavy atom. The third kappa shape index (κ3) is 4.81. The Hall–Kier alpha value is -4.47. The predicted octanol–water partition coefficient (Wildman–Crippen LogP) is 2.57. The van der Waals surface area contributed by atoms with Gasteiger partial charge in [0.05, 0.1) is 19.0 Å². The highest BCUT2D eigenvalue weighted by molar-refractivity contribution is 5.97. The standard InChI is InChI=1S/C22H20N6O4/c1-31-17-6-2-4-14-12-16(22(30)32-20(14)17)21(29)25-11-10-24-18-7-8-19(28-27-18)26-15-5-3-9-23-13-15/h2-9,12-13H,10-11H2,1H3,(H,24,27)(H,25,29)(H,26,28). The number of methoxy groups -OCH3 is 1. The van der Waals surface area contributed by atoms with Crippen molar-refractivity contribution < 1.29 is 13.9 Å². The average molecular weight is 432 g/mol. The first-order valence-electron chi connectivity index (χ1n) is 9.78. The van der Waals surface area contributed by atoms with Crippen LogP contribution in [0.3, 0.4) is 0 Å². The summed E-state index contributed by atoms with van der Waals surface area (Å²) in [6.45, 7) is 0.661. The van der Waals surface area contributed by atoms with Crippen molar-refractivity contribution in [3.8, 4) is 5.75 Å². The molecule has 1 aromatic carbocycles. The lowest BCUT2D eigenvalue weighted by Gasteiger charge is -2.09. The van der Waals surface area contributed by atoms with E-state index in [0.29, 0.717) is 34.9 Å². The lowest BCUT2D eigenvalue weighted by molar-refractivity contribution is 0.0951. The summed E-state index contributed by atoms with van der Waals surface area (Å²) in [6.07, 6.45) is 3.37. The molecule has 162 valence electrons. The Bertz CT molecular complexity index is 1280. The molecule has 0 bridgehead atoms. The highest BCUT2D eigenvalue weighted by atomic mass is 16.5. The van der Waals surface area contributed by atoms with E-state index in [2.05, 4.69) is 31.1 Å². The van der Waals surface area contributed by atoms with E-state index in [1.807, 2.05) is 12.1 Å². The lowest BCUT2D eigenvalue weighted by Crippen LogP contribution is -2.32. The predicted molar refractivity (Wildman–Crippen MR) is 119 cm³/mol. The van der Waals surface area contributed by atoms with Crippen molar-refractivity contribution in [3.05, 3.63) is 76.9 Å². The Morgan fingerprint density at radius 3 is 2.66 bits per heavy atom. The molecule has 0 aliphatic carbocycles. The van der Waals surface area contributed by atoms with Crippen molar-refractivity contribution in [3.63, 3.8) is 0 Å². The van der Waals surface area contributed by atoms with Gasteiger partial charge in [-0.15, -0.1) is 10.2 Å². The van der Waals surface area contributed by atoms with Gasteiger partial charge in [0.1, 0.15) is 11.4 Å². The normalized spacial score (nSPS) is 10.5. The number of hydrogen-bond acceptors (Lipinski definition) is 9. The molecule has 1 amide bonds. The number of anilines is 3. The SMILES string of the molecule is COc1cccc2cc(C(=O)NCCNc3ccc(Nc4cccnc4)nn3)c(=O)oc12. The second kappa shape index (κ2) is 9.56. The zero-order valence-corrected chi connectivity index (χ0v) is 17.2. The molecule has 0 atom stereocenters. The molecule has 3 N–H and O–H groups in total. The second-order valence-electron chi connectivity index (χ2n) is 6.68. The van der Waals surface area contributed by atoms with Crippen molar-refractivity contribution in [1.29, 1.82) is 0 Å². The van der Waals surface area contributed by atoms with Crippen LogP contribution in [0.4, 0.5) is 17.3 Å². The summed E-state index contributed by atoms with van der Waals surface area (Å²) in [5.74, 6) is 1.04. The minimum Gasteiger partial charge on any atom is -0.493 e. The van der Waals surface area contributed by atoms with Crippen LogP contribution in [-0.2, 0) is 0 Å². The minimum absolute atomic E-state index is 0.0728. The zero-order valence-electron chi connectivity index (χ0n) is 17.2. The molecule has 4 rings (SSSR count). The van der Waals surface area contributed by atoms with Crippen LogP contribution in [0.25, 0.3) is 11.0 Å². The van der Waals surface area contributed by atoms with E-state index in [9.17, 15) is 9.59 Å². The van der Waals surface area contributed by atoms with Gasteiger partial charge in [0, 0.05) is 24.7 Å². The van der Waals surface area contributed by atoms with E-state index in [4.69, 9.17) is 9.15 Å². The van der Waals surface area contributed by atoms with E-state index < -0.39 is 11.5 Å². The monoisotopic (exact) mass is 432 g/mol. The van der Waals surface area contributed by atoms with Crippen LogP contribution in [-0.4, -0.2) is 41.3 Å². The van der Waals surface area contributed by atoms with Gasteiger partial charge in [-0.3, -0.25) is 9.78 Å². The minimum atomic E-state index is -0.727. The van der Waals surface area contributed by atoms with E-state index in [1.165, 1.54) is 13.2 Å². The summed E-state index contributed by atoms with van der Waals surface area (Å²) in [4.78, 5) is 28.7. The number of pyridine rings is 1. The van der Waals surface area contributed by atoms with Crippen LogP contribution in [0, 0.1) is 0 Å². The molecular weight excluding hydrogens is 412 g/mol. The van der Waals surface area contributed by atoms with E-state index >= 15 is 0 Å². The zero-order chi connectivity index (χ0) is 22.3. The van der Waals surface area contributed by atoms with Crippen molar-refractivity contribution in [2.24, 2.45) is 0 Å². The molecule has 0 radical (unpaired) electrons.